The quantitative estimate of drug-likeness (QED) is 0.588. The lowest BCUT2D eigenvalue weighted by Crippen LogP contribution is -2.04. The average molecular weight is 414 g/mol. The molecule has 0 N–H and O–H groups in total. The number of benzene rings is 1. The highest BCUT2D eigenvalue weighted by molar-refractivity contribution is 9.12. The monoisotopic (exact) mass is 412 g/mol. The Hall–Kier alpha value is -0.980. The topological polar surface area (TPSA) is 34.9 Å². The first-order chi connectivity index (χ1) is 9.56. The van der Waals surface area contributed by atoms with Gasteiger partial charge >= 0.3 is 0 Å². The van der Waals surface area contributed by atoms with Gasteiger partial charge in [0.25, 0.3) is 0 Å². The summed E-state index contributed by atoms with van der Waals surface area (Å²) in [5.41, 5.74) is 2.57. The molecule has 1 aromatic carbocycles. The van der Waals surface area contributed by atoms with Crippen molar-refractivity contribution < 1.29 is 4.79 Å². The van der Waals surface area contributed by atoms with Crippen LogP contribution >= 0.6 is 43.2 Å². The number of rotatable bonds is 3. The Balaban J connectivity index is 1.97. The van der Waals surface area contributed by atoms with Gasteiger partial charge in [0.15, 0.2) is 5.78 Å². The van der Waals surface area contributed by atoms with Gasteiger partial charge in [-0.25, -0.2) is 0 Å². The van der Waals surface area contributed by atoms with Crippen molar-refractivity contribution in [1.29, 1.82) is 0 Å². The number of nitrogens with zero attached hydrogens (tertiary/aromatic N) is 2. The van der Waals surface area contributed by atoms with Crippen molar-refractivity contribution in [3.63, 3.8) is 0 Å². The number of carbonyl (C=O) groups is 1. The van der Waals surface area contributed by atoms with Crippen molar-refractivity contribution in [3.05, 3.63) is 49.2 Å². The number of thiophene rings is 1. The molecule has 0 atom stereocenters. The van der Waals surface area contributed by atoms with E-state index in [1.165, 1.54) is 11.3 Å². The fourth-order valence-corrected chi connectivity index (χ4v) is 5.05. The fourth-order valence-electron chi connectivity index (χ4n) is 2.20. The highest BCUT2D eigenvalue weighted by atomic mass is 79.9. The van der Waals surface area contributed by atoms with Crippen LogP contribution in [-0.2, 0) is 13.5 Å². The number of fused-ring (bicyclic) bond motifs is 1. The zero-order valence-corrected chi connectivity index (χ0v) is 14.5. The standard InChI is InChI=1S/C14H10Br2N2OS/c1-18-11-5-3-2-4-8(11)10(17-18)7-12(19)9-6-13(15)20-14(9)16/h2-6H,7H2,1H3. The number of aryl methyl sites for hydroxylation is 1. The van der Waals surface area contributed by atoms with Crippen molar-refractivity contribution in [3.8, 4) is 0 Å². The molecule has 0 saturated carbocycles. The third-order valence-corrected chi connectivity index (χ3v) is 5.46. The SMILES string of the molecule is Cn1nc(CC(=O)c2cc(Br)sc2Br)c2ccccc21. The van der Waals surface area contributed by atoms with E-state index < -0.39 is 0 Å². The van der Waals surface area contributed by atoms with Crippen LogP contribution in [0.4, 0.5) is 0 Å². The van der Waals surface area contributed by atoms with Gasteiger partial charge in [0.2, 0.25) is 0 Å². The van der Waals surface area contributed by atoms with E-state index in [-0.39, 0.29) is 5.78 Å². The second kappa shape index (κ2) is 5.42. The van der Waals surface area contributed by atoms with Gasteiger partial charge in [-0.2, -0.15) is 5.10 Å². The fraction of sp³-hybridized carbons (Fsp3) is 0.143. The molecule has 0 saturated heterocycles. The summed E-state index contributed by atoms with van der Waals surface area (Å²) in [5, 5.41) is 5.50. The summed E-state index contributed by atoms with van der Waals surface area (Å²) in [4.78, 5) is 12.4. The van der Waals surface area contributed by atoms with Gasteiger partial charge < -0.3 is 0 Å². The van der Waals surface area contributed by atoms with Crippen molar-refractivity contribution in [2.45, 2.75) is 6.42 Å². The van der Waals surface area contributed by atoms with E-state index in [1.54, 1.807) is 0 Å². The minimum absolute atomic E-state index is 0.0719. The minimum Gasteiger partial charge on any atom is -0.294 e. The zero-order valence-electron chi connectivity index (χ0n) is 10.6. The average Bonchev–Trinajstić information content (AvgIpc) is 2.91. The summed E-state index contributed by atoms with van der Waals surface area (Å²) in [5.74, 6) is 0.0719. The number of ketones is 1. The first-order valence-corrected chi connectivity index (χ1v) is 8.35. The molecule has 0 aliphatic heterocycles. The Morgan fingerprint density at radius 1 is 1.35 bits per heavy atom. The Morgan fingerprint density at radius 3 is 2.80 bits per heavy atom. The van der Waals surface area contributed by atoms with Crippen molar-refractivity contribution in [2.24, 2.45) is 7.05 Å². The van der Waals surface area contributed by atoms with Gasteiger partial charge in [0.05, 0.1) is 25.2 Å². The Bertz CT molecular complexity index is 807. The maximum atomic E-state index is 12.4. The first-order valence-electron chi connectivity index (χ1n) is 5.95. The molecular weight excluding hydrogens is 404 g/mol. The van der Waals surface area contributed by atoms with Crippen LogP contribution in [0.25, 0.3) is 10.9 Å². The molecule has 2 aromatic heterocycles. The van der Waals surface area contributed by atoms with Crippen LogP contribution < -0.4 is 0 Å². The van der Waals surface area contributed by atoms with Crippen molar-refractivity contribution in [2.75, 3.05) is 0 Å². The van der Waals surface area contributed by atoms with Crippen molar-refractivity contribution >= 4 is 59.9 Å². The van der Waals surface area contributed by atoms with Gasteiger partial charge in [0, 0.05) is 18.0 Å². The van der Waals surface area contributed by atoms with Gasteiger partial charge in [-0.15, -0.1) is 11.3 Å². The number of Topliss-reactive ketones (excluding diaryl/α,β-unsaturated/α-hetero) is 1. The van der Waals surface area contributed by atoms with Crippen LogP contribution in [0.2, 0.25) is 0 Å². The summed E-state index contributed by atoms with van der Waals surface area (Å²) in [7, 11) is 1.90. The van der Waals surface area contributed by atoms with Crippen LogP contribution in [0.1, 0.15) is 16.1 Å². The summed E-state index contributed by atoms with van der Waals surface area (Å²) < 4.78 is 3.62. The maximum absolute atomic E-state index is 12.4. The highest BCUT2D eigenvalue weighted by Crippen LogP contribution is 2.33. The summed E-state index contributed by atoms with van der Waals surface area (Å²) >= 11 is 8.33. The lowest BCUT2D eigenvalue weighted by atomic mass is 10.1. The van der Waals surface area contributed by atoms with Crippen LogP contribution in [0.15, 0.2) is 37.9 Å². The normalized spacial score (nSPS) is 11.2. The second-order valence-corrected chi connectivity index (χ2v) is 8.17. The lowest BCUT2D eigenvalue weighted by Gasteiger charge is -1.97. The van der Waals surface area contributed by atoms with Gasteiger partial charge in [-0.05, 0) is 44.0 Å². The van der Waals surface area contributed by atoms with Crippen LogP contribution in [0.3, 0.4) is 0 Å². The molecule has 102 valence electrons. The molecular formula is C14H10Br2N2OS. The Morgan fingerprint density at radius 2 is 2.10 bits per heavy atom. The molecule has 0 amide bonds. The Labute approximate surface area is 136 Å². The summed E-state index contributed by atoms with van der Waals surface area (Å²) in [6.07, 6.45) is 0.309. The molecule has 3 nitrogen and oxygen atoms in total. The van der Waals surface area contributed by atoms with E-state index >= 15 is 0 Å². The molecule has 0 aliphatic rings. The lowest BCUT2D eigenvalue weighted by molar-refractivity contribution is 0.0992. The van der Waals surface area contributed by atoms with Crippen LogP contribution in [0, 0.1) is 0 Å². The van der Waals surface area contributed by atoms with Gasteiger partial charge in [0.1, 0.15) is 0 Å². The third kappa shape index (κ3) is 2.47. The van der Waals surface area contributed by atoms with E-state index in [9.17, 15) is 4.79 Å². The number of hydrogen-bond donors (Lipinski definition) is 0. The highest BCUT2D eigenvalue weighted by Gasteiger charge is 2.17. The number of para-hydroxylation sites is 1. The van der Waals surface area contributed by atoms with E-state index in [0.29, 0.717) is 12.0 Å². The van der Waals surface area contributed by atoms with E-state index in [1.807, 2.05) is 42.1 Å². The molecule has 0 aliphatic carbocycles. The van der Waals surface area contributed by atoms with Gasteiger partial charge in [-0.3, -0.25) is 9.48 Å². The predicted molar refractivity (Wildman–Crippen MR) is 88.5 cm³/mol. The van der Waals surface area contributed by atoms with E-state index in [2.05, 4.69) is 37.0 Å². The molecule has 0 radical (unpaired) electrons. The smallest absolute Gasteiger partial charge is 0.170 e. The summed E-state index contributed by atoms with van der Waals surface area (Å²) in [6, 6.07) is 9.80. The summed E-state index contributed by atoms with van der Waals surface area (Å²) in [6.45, 7) is 0. The molecule has 3 rings (SSSR count). The molecule has 0 bridgehead atoms. The minimum atomic E-state index is 0.0719. The Kier molecular flexibility index (Phi) is 3.79. The second-order valence-electron chi connectivity index (χ2n) is 4.43. The van der Waals surface area contributed by atoms with Crippen LogP contribution in [0.5, 0.6) is 0 Å². The predicted octanol–water partition coefficient (Wildman–Crippen LogP) is 4.59. The number of carbonyl (C=O) groups excluding carboxylic acids is 1. The molecule has 0 unspecified atom stereocenters. The maximum Gasteiger partial charge on any atom is 0.170 e. The molecule has 3 aromatic rings. The number of hydrogen-bond acceptors (Lipinski definition) is 3. The van der Waals surface area contributed by atoms with E-state index in [0.717, 1.165) is 24.2 Å². The van der Waals surface area contributed by atoms with Crippen molar-refractivity contribution in [1.82, 2.24) is 9.78 Å². The number of aromatic nitrogens is 2. The molecule has 6 heteroatoms. The largest absolute Gasteiger partial charge is 0.294 e. The molecule has 0 fully saturated rings. The first kappa shape index (κ1) is 14.0. The molecule has 0 spiro atoms. The molecule has 20 heavy (non-hydrogen) atoms. The molecule has 2 heterocycles. The van der Waals surface area contributed by atoms with E-state index in [4.69, 9.17) is 0 Å². The van der Waals surface area contributed by atoms with Gasteiger partial charge in [-0.1, -0.05) is 18.2 Å². The number of halogens is 2. The third-order valence-electron chi connectivity index (χ3n) is 3.12. The van der Waals surface area contributed by atoms with Crippen LogP contribution in [-0.4, -0.2) is 15.6 Å². The zero-order chi connectivity index (χ0) is 14.3.